The van der Waals surface area contributed by atoms with Crippen molar-refractivity contribution in [3.05, 3.63) is 53.7 Å². The third-order valence-electron chi connectivity index (χ3n) is 7.26. The first-order valence-corrected chi connectivity index (χ1v) is 11.7. The third-order valence-corrected chi connectivity index (χ3v) is 7.26. The van der Waals surface area contributed by atoms with E-state index in [4.69, 9.17) is 4.98 Å². The van der Waals surface area contributed by atoms with Gasteiger partial charge in [-0.3, -0.25) is 4.79 Å². The molecule has 1 saturated carbocycles. The minimum Gasteiger partial charge on any atom is -0.365 e. The van der Waals surface area contributed by atoms with Gasteiger partial charge in [-0.1, -0.05) is 0 Å². The highest BCUT2D eigenvalue weighted by atomic mass is 16.1. The number of nitriles is 1. The second-order valence-electron chi connectivity index (χ2n) is 9.30. The van der Waals surface area contributed by atoms with E-state index < -0.39 is 0 Å². The van der Waals surface area contributed by atoms with Gasteiger partial charge in [-0.05, 0) is 70.1 Å². The van der Waals surface area contributed by atoms with Crippen molar-refractivity contribution in [1.82, 2.24) is 14.9 Å². The van der Waals surface area contributed by atoms with Crippen LogP contribution in [0.15, 0.2) is 42.6 Å². The largest absolute Gasteiger partial charge is 0.365 e. The summed E-state index contributed by atoms with van der Waals surface area (Å²) < 4.78 is 2.21. The molecule has 1 aliphatic carbocycles. The smallest absolute Gasteiger partial charge is 0.159 e. The molecule has 2 aromatic heterocycles. The maximum Gasteiger partial charge on any atom is 0.159 e. The average molecular weight is 443 g/mol. The average Bonchev–Trinajstić information content (AvgIpc) is 3.16. The second-order valence-corrected chi connectivity index (χ2v) is 9.30. The van der Waals surface area contributed by atoms with Gasteiger partial charge in [-0.15, -0.1) is 0 Å². The van der Waals surface area contributed by atoms with Crippen molar-refractivity contribution < 1.29 is 4.79 Å². The summed E-state index contributed by atoms with van der Waals surface area (Å²) in [6.45, 7) is 6.45. The normalized spacial score (nSPS) is 22.8. The molecule has 0 amide bonds. The quantitative estimate of drug-likeness (QED) is 0.607. The fourth-order valence-corrected chi connectivity index (χ4v) is 5.15. The zero-order chi connectivity index (χ0) is 23.1. The zero-order valence-electron chi connectivity index (χ0n) is 19.5. The molecule has 7 heteroatoms. The van der Waals surface area contributed by atoms with Crippen LogP contribution >= 0.6 is 0 Å². The monoisotopic (exact) mass is 442 g/mol. The molecule has 170 valence electrons. The number of fused-ring (bicyclic) bond motifs is 1. The fourth-order valence-electron chi connectivity index (χ4n) is 5.15. The Morgan fingerprint density at radius 3 is 2.55 bits per heavy atom. The van der Waals surface area contributed by atoms with Crippen LogP contribution in [0.25, 0.3) is 11.0 Å². The highest BCUT2D eigenvalue weighted by Gasteiger charge is 2.31. The van der Waals surface area contributed by atoms with Crippen LogP contribution in [-0.4, -0.2) is 54.1 Å². The van der Waals surface area contributed by atoms with Crippen LogP contribution in [0.3, 0.4) is 0 Å². The number of carbonyl (C=O) groups excluding carboxylic acids is 1. The van der Waals surface area contributed by atoms with Crippen LogP contribution in [0.1, 0.15) is 48.7 Å². The number of aromatic nitrogens is 2. The molecule has 2 aliphatic rings. The maximum atomic E-state index is 11.6. The Hall–Kier alpha value is -3.37. The van der Waals surface area contributed by atoms with E-state index in [0.717, 1.165) is 60.6 Å². The van der Waals surface area contributed by atoms with E-state index in [-0.39, 0.29) is 5.78 Å². The number of piperazine rings is 1. The first-order valence-electron chi connectivity index (χ1n) is 11.7. The number of nitrogens with one attached hydrogen (secondary N) is 1. The van der Waals surface area contributed by atoms with Crippen LogP contribution in [0.5, 0.6) is 0 Å². The number of carbonyl (C=O) groups is 1. The number of ketones is 1. The molecule has 0 radical (unpaired) electrons. The molecule has 3 heterocycles. The number of pyridine rings is 1. The van der Waals surface area contributed by atoms with E-state index in [9.17, 15) is 10.1 Å². The molecule has 0 bridgehead atoms. The second kappa shape index (κ2) is 8.53. The Bertz CT molecular complexity index is 1220. The molecule has 1 unspecified atom stereocenters. The number of nitrogens with zero attached hydrogens (tertiary/aromatic N) is 5. The number of benzene rings is 1. The van der Waals surface area contributed by atoms with Crippen molar-refractivity contribution in [2.24, 2.45) is 0 Å². The number of hydrogen-bond donors (Lipinski definition) is 1. The molecule has 1 aliphatic heterocycles. The summed E-state index contributed by atoms with van der Waals surface area (Å²) in [5, 5.41) is 13.9. The topological polar surface area (TPSA) is 77.2 Å². The van der Waals surface area contributed by atoms with Gasteiger partial charge in [0.2, 0.25) is 0 Å². The highest BCUT2D eigenvalue weighted by Crippen LogP contribution is 2.36. The van der Waals surface area contributed by atoms with Gasteiger partial charge in [0.15, 0.2) is 5.78 Å². The van der Waals surface area contributed by atoms with Crippen LogP contribution in [-0.2, 0) is 0 Å². The Kier molecular flexibility index (Phi) is 5.55. The summed E-state index contributed by atoms with van der Waals surface area (Å²) in [5.41, 5.74) is 3.50. The third kappa shape index (κ3) is 3.85. The summed E-state index contributed by atoms with van der Waals surface area (Å²) in [5.74, 6) is 1.06. The lowest BCUT2D eigenvalue weighted by Gasteiger charge is -2.42. The summed E-state index contributed by atoms with van der Waals surface area (Å²) in [6, 6.07) is 15.6. The van der Waals surface area contributed by atoms with E-state index in [2.05, 4.69) is 44.8 Å². The van der Waals surface area contributed by atoms with Gasteiger partial charge in [-0.2, -0.15) is 5.26 Å². The Balaban J connectivity index is 1.36. The van der Waals surface area contributed by atoms with Gasteiger partial charge in [0.05, 0.1) is 5.56 Å². The molecule has 33 heavy (non-hydrogen) atoms. The van der Waals surface area contributed by atoms with Crippen LogP contribution in [0.2, 0.25) is 0 Å². The molecular formula is C26H30N6O. The molecule has 7 nitrogen and oxygen atoms in total. The maximum absolute atomic E-state index is 11.6. The Labute approximate surface area is 194 Å². The van der Waals surface area contributed by atoms with Crippen LogP contribution in [0.4, 0.5) is 11.5 Å². The van der Waals surface area contributed by atoms with Crippen molar-refractivity contribution in [3.63, 3.8) is 0 Å². The Morgan fingerprint density at radius 1 is 1.15 bits per heavy atom. The number of Topliss-reactive ketones (excluding diaryl/α,β-unsaturated/α-hetero) is 1. The summed E-state index contributed by atoms with van der Waals surface area (Å²) >= 11 is 0. The van der Waals surface area contributed by atoms with Crippen molar-refractivity contribution in [2.45, 2.75) is 44.8 Å². The van der Waals surface area contributed by atoms with E-state index in [1.54, 1.807) is 6.92 Å². The molecule has 1 atom stereocenters. The van der Waals surface area contributed by atoms with Crippen molar-refractivity contribution in [1.29, 1.82) is 5.26 Å². The first kappa shape index (κ1) is 21.5. The molecule has 5 rings (SSSR count). The molecule has 1 N–H and O–H groups in total. The van der Waals surface area contributed by atoms with E-state index in [1.807, 2.05) is 37.5 Å². The molecule has 1 aromatic carbocycles. The minimum atomic E-state index is 0.0913. The minimum absolute atomic E-state index is 0.0913. The van der Waals surface area contributed by atoms with E-state index in [1.165, 1.54) is 0 Å². The van der Waals surface area contributed by atoms with Gasteiger partial charge >= 0.3 is 0 Å². The van der Waals surface area contributed by atoms with Gasteiger partial charge in [0.25, 0.3) is 0 Å². The van der Waals surface area contributed by atoms with E-state index in [0.29, 0.717) is 23.7 Å². The fraction of sp³-hybridized carbons (Fsp3) is 0.423. The summed E-state index contributed by atoms with van der Waals surface area (Å²) in [7, 11) is 2.00. The van der Waals surface area contributed by atoms with Crippen LogP contribution < -0.4 is 15.1 Å². The standard InChI is InChI=1S/C26H30N6O/c1-17-15-30(10-11-31(17)22-6-4-19(5-7-22)18(2)33)25-9-8-24-20(14-27)16-32(26(24)29-25)23-12-21(13-23)28-3/h4-9,16-17,21,23,28H,10-13,15H2,1-3H3. The molecule has 1 saturated heterocycles. The van der Waals surface area contributed by atoms with Gasteiger partial charge in [0.1, 0.15) is 17.5 Å². The predicted octanol–water partition coefficient (Wildman–Crippen LogP) is 3.75. The predicted molar refractivity (Wildman–Crippen MR) is 131 cm³/mol. The lowest BCUT2D eigenvalue weighted by molar-refractivity contribution is 0.101. The lowest BCUT2D eigenvalue weighted by Crippen LogP contribution is -2.52. The number of rotatable bonds is 5. The van der Waals surface area contributed by atoms with Gasteiger partial charge in [-0.25, -0.2) is 4.98 Å². The summed E-state index contributed by atoms with van der Waals surface area (Å²) in [6.07, 6.45) is 4.10. The number of anilines is 2. The lowest BCUT2D eigenvalue weighted by atomic mass is 9.87. The highest BCUT2D eigenvalue weighted by molar-refractivity contribution is 5.94. The molecule has 2 fully saturated rings. The van der Waals surface area contributed by atoms with Crippen molar-refractivity contribution in [3.8, 4) is 6.07 Å². The molecular weight excluding hydrogens is 412 g/mol. The SMILES string of the molecule is CNC1CC(n2cc(C#N)c3ccc(N4CCN(c5ccc(C(C)=O)cc5)C(C)C4)nc32)C1. The Morgan fingerprint density at radius 2 is 1.91 bits per heavy atom. The van der Waals surface area contributed by atoms with Gasteiger partial charge in [0, 0.05) is 60.6 Å². The molecule has 3 aromatic rings. The summed E-state index contributed by atoms with van der Waals surface area (Å²) in [4.78, 5) is 21.4. The number of hydrogen-bond acceptors (Lipinski definition) is 6. The van der Waals surface area contributed by atoms with Gasteiger partial charge < -0.3 is 19.7 Å². The molecule has 0 spiro atoms. The van der Waals surface area contributed by atoms with E-state index >= 15 is 0 Å². The van der Waals surface area contributed by atoms with Crippen molar-refractivity contribution in [2.75, 3.05) is 36.5 Å². The zero-order valence-corrected chi connectivity index (χ0v) is 19.5. The first-order chi connectivity index (χ1) is 16.0. The van der Waals surface area contributed by atoms with Crippen molar-refractivity contribution >= 4 is 28.3 Å². The van der Waals surface area contributed by atoms with Crippen LogP contribution in [0, 0.1) is 11.3 Å².